The number of halogens is 1. The first-order valence-electron chi connectivity index (χ1n) is 8.56. The van der Waals surface area contributed by atoms with Crippen LogP contribution in [0.5, 0.6) is 0 Å². The van der Waals surface area contributed by atoms with E-state index in [1.165, 1.54) is 40.0 Å². The zero-order valence-electron chi connectivity index (χ0n) is 14.7. The van der Waals surface area contributed by atoms with Crippen molar-refractivity contribution in [3.05, 3.63) is 51.5 Å². The van der Waals surface area contributed by atoms with Crippen LogP contribution in [0.1, 0.15) is 33.5 Å². The summed E-state index contributed by atoms with van der Waals surface area (Å²) in [6, 6.07) is 6.48. The number of amides is 3. The largest absolute Gasteiger partial charge is 0.451 e. The Morgan fingerprint density at radius 2 is 2.07 bits per heavy atom. The number of imide groups is 1. The highest BCUT2D eigenvalue weighted by Gasteiger charge is 2.22. The van der Waals surface area contributed by atoms with Gasteiger partial charge in [0.2, 0.25) is 0 Å². The molecule has 0 bridgehead atoms. The van der Waals surface area contributed by atoms with Crippen molar-refractivity contribution >= 4 is 34.9 Å². The minimum absolute atomic E-state index is 0.0572. The van der Waals surface area contributed by atoms with Crippen molar-refractivity contribution in [2.75, 3.05) is 11.9 Å². The van der Waals surface area contributed by atoms with Crippen LogP contribution < -0.4 is 10.6 Å². The first-order valence-corrected chi connectivity index (χ1v) is 9.38. The highest BCUT2D eigenvalue weighted by Crippen LogP contribution is 2.32. The van der Waals surface area contributed by atoms with Gasteiger partial charge < -0.3 is 10.1 Å². The maximum atomic E-state index is 13.5. The second-order valence-corrected chi connectivity index (χ2v) is 7.60. The molecule has 142 valence electrons. The Labute approximate surface area is 159 Å². The lowest BCUT2D eigenvalue weighted by atomic mass is 9.90. The Kier molecular flexibility index (Phi) is 5.85. The third-order valence-electron chi connectivity index (χ3n) is 4.24. The Bertz CT molecular complexity index is 880. The SMILES string of the molecule is CC1CCc2sc(C(=O)OCC(=O)NC(=O)Nc3ccccc3F)cc2C1. The molecule has 3 rings (SSSR count). The molecule has 1 aromatic heterocycles. The van der Waals surface area contributed by atoms with Gasteiger partial charge in [-0.3, -0.25) is 10.1 Å². The summed E-state index contributed by atoms with van der Waals surface area (Å²) in [6.07, 6.45) is 2.99. The topological polar surface area (TPSA) is 84.5 Å². The standard InChI is InChI=1S/C19H19FN2O4S/c1-11-6-7-15-12(8-11)9-16(27-15)18(24)26-10-17(23)22-19(25)21-14-5-3-2-4-13(14)20/h2-5,9,11H,6-8,10H2,1H3,(H2,21,22,23,25). The number of thiophene rings is 1. The van der Waals surface area contributed by atoms with Crippen LogP contribution >= 0.6 is 11.3 Å². The summed E-state index contributed by atoms with van der Waals surface area (Å²) in [5.74, 6) is -1.42. The number of para-hydroxylation sites is 1. The van der Waals surface area contributed by atoms with Crippen LogP contribution in [0.15, 0.2) is 30.3 Å². The number of ether oxygens (including phenoxy) is 1. The van der Waals surface area contributed by atoms with Crippen molar-refractivity contribution in [3.8, 4) is 0 Å². The van der Waals surface area contributed by atoms with E-state index in [2.05, 4.69) is 12.2 Å². The molecule has 0 spiro atoms. The molecule has 2 N–H and O–H groups in total. The fraction of sp³-hybridized carbons (Fsp3) is 0.316. The Balaban J connectivity index is 1.48. The third kappa shape index (κ3) is 4.91. The average molecular weight is 390 g/mol. The van der Waals surface area contributed by atoms with E-state index in [9.17, 15) is 18.8 Å². The van der Waals surface area contributed by atoms with Gasteiger partial charge in [-0.05, 0) is 48.9 Å². The molecular weight excluding hydrogens is 371 g/mol. The van der Waals surface area contributed by atoms with Gasteiger partial charge in [0.25, 0.3) is 5.91 Å². The van der Waals surface area contributed by atoms with Gasteiger partial charge in [0.15, 0.2) is 6.61 Å². The summed E-state index contributed by atoms with van der Waals surface area (Å²) in [4.78, 5) is 37.2. The molecule has 27 heavy (non-hydrogen) atoms. The highest BCUT2D eigenvalue weighted by atomic mass is 32.1. The van der Waals surface area contributed by atoms with Gasteiger partial charge >= 0.3 is 12.0 Å². The monoisotopic (exact) mass is 390 g/mol. The minimum Gasteiger partial charge on any atom is -0.451 e. The fourth-order valence-electron chi connectivity index (χ4n) is 2.89. The molecule has 0 fully saturated rings. The zero-order chi connectivity index (χ0) is 19.4. The average Bonchev–Trinajstić information content (AvgIpc) is 3.04. The van der Waals surface area contributed by atoms with Gasteiger partial charge in [-0.1, -0.05) is 19.1 Å². The number of esters is 1. The quantitative estimate of drug-likeness (QED) is 0.783. The van der Waals surface area contributed by atoms with Crippen LogP contribution in [-0.4, -0.2) is 24.5 Å². The number of carbonyl (C=O) groups is 3. The van der Waals surface area contributed by atoms with E-state index in [0.717, 1.165) is 19.3 Å². The number of anilines is 1. The molecule has 1 aliphatic carbocycles. The van der Waals surface area contributed by atoms with E-state index in [1.54, 1.807) is 6.07 Å². The van der Waals surface area contributed by atoms with Crippen molar-refractivity contribution in [1.29, 1.82) is 0 Å². The maximum Gasteiger partial charge on any atom is 0.348 e. The molecule has 0 saturated heterocycles. The lowest BCUT2D eigenvalue weighted by Crippen LogP contribution is -2.37. The predicted octanol–water partition coefficient (Wildman–Crippen LogP) is 3.52. The summed E-state index contributed by atoms with van der Waals surface area (Å²) in [7, 11) is 0. The molecule has 0 saturated carbocycles. The first-order chi connectivity index (χ1) is 12.9. The zero-order valence-corrected chi connectivity index (χ0v) is 15.5. The number of hydrogen-bond donors (Lipinski definition) is 2. The van der Waals surface area contributed by atoms with Crippen molar-refractivity contribution in [2.24, 2.45) is 5.92 Å². The second kappa shape index (κ2) is 8.30. The van der Waals surface area contributed by atoms with Crippen LogP contribution in [0.25, 0.3) is 0 Å². The molecule has 3 amide bonds. The van der Waals surface area contributed by atoms with Gasteiger partial charge in [0.05, 0.1) is 5.69 Å². The van der Waals surface area contributed by atoms with Crippen LogP contribution in [0.2, 0.25) is 0 Å². The van der Waals surface area contributed by atoms with Crippen molar-refractivity contribution in [3.63, 3.8) is 0 Å². The van der Waals surface area contributed by atoms with E-state index in [1.807, 2.05) is 11.4 Å². The van der Waals surface area contributed by atoms with E-state index < -0.39 is 30.3 Å². The number of rotatable bonds is 4. The van der Waals surface area contributed by atoms with Crippen LogP contribution in [-0.2, 0) is 22.4 Å². The molecule has 1 aromatic carbocycles. The number of urea groups is 1. The maximum absolute atomic E-state index is 13.5. The first kappa shape index (κ1) is 19.0. The normalized spacial score (nSPS) is 15.6. The van der Waals surface area contributed by atoms with Gasteiger partial charge in [-0.2, -0.15) is 0 Å². The smallest absolute Gasteiger partial charge is 0.348 e. The summed E-state index contributed by atoms with van der Waals surface area (Å²) < 4.78 is 18.4. The van der Waals surface area contributed by atoms with Crippen LogP contribution in [0.3, 0.4) is 0 Å². The lowest BCUT2D eigenvalue weighted by molar-refractivity contribution is -0.123. The Morgan fingerprint density at radius 1 is 1.30 bits per heavy atom. The van der Waals surface area contributed by atoms with Gasteiger partial charge in [0, 0.05) is 4.88 Å². The molecule has 6 nitrogen and oxygen atoms in total. The molecule has 0 radical (unpaired) electrons. The molecule has 1 unspecified atom stereocenters. The van der Waals surface area contributed by atoms with Gasteiger partial charge in [0.1, 0.15) is 10.7 Å². The van der Waals surface area contributed by atoms with Crippen molar-refractivity contribution in [1.82, 2.24) is 5.32 Å². The number of fused-ring (bicyclic) bond motifs is 1. The fourth-order valence-corrected chi connectivity index (χ4v) is 3.99. The summed E-state index contributed by atoms with van der Waals surface area (Å²) >= 11 is 1.39. The Hall–Kier alpha value is -2.74. The Morgan fingerprint density at radius 3 is 2.85 bits per heavy atom. The van der Waals surface area contributed by atoms with Gasteiger partial charge in [-0.25, -0.2) is 14.0 Å². The molecule has 0 aliphatic heterocycles. The van der Waals surface area contributed by atoms with Crippen LogP contribution in [0, 0.1) is 11.7 Å². The molecular formula is C19H19FN2O4S. The number of benzene rings is 1. The predicted molar refractivity (Wildman–Crippen MR) is 99.4 cm³/mol. The summed E-state index contributed by atoms with van der Waals surface area (Å²) in [6.45, 7) is 1.58. The van der Waals surface area contributed by atoms with E-state index in [4.69, 9.17) is 4.74 Å². The van der Waals surface area contributed by atoms with E-state index >= 15 is 0 Å². The molecule has 8 heteroatoms. The van der Waals surface area contributed by atoms with Crippen molar-refractivity contribution < 1.29 is 23.5 Å². The number of carbonyl (C=O) groups excluding carboxylic acids is 3. The molecule has 1 heterocycles. The minimum atomic E-state index is -0.901. The molecule has 2 aromatic rings. The van der Waals surface area contributed by atoms with Gasteiger partial charge in [-0.15, -0.1) is 11.3 Å². The van der Waals surface area contributed by atoms with Crippen LogP contribution in [0.4, 0.5) is 14.9 Å². The van der Waals surface area contributed by atoms with E-state index in [0.29, 0.717) is 10.8 Å². The van der Waals surface area contributed by atoms with Crippen molar-refractivity contribution in [2.45, 2.75) is 26.2 Å². The van der Waals surface area contributed by atoms with E-state index in [-0.39, 0.29) is 5.69 Å². The summed E-state index contributed by atoms with van der Waals surface area (Å²) in [5, 5.41) is 4.20. The summed E-state index contributed by atoms with van der Waals surface area (Å²) in [5.41, 5.74) is 1.11. The second-order valence-electron chi connectivity index (χ2n) is 6.47. The molecule has 1 atom stereocenters. The third-order valence-corrected chi connectivity index (χ3v) is 5.46. The lowest BCUT2D eigenvalue weighted by Gasteiger charge is -2.16. The molecule has 1 aliphatic rings. The number of hydrogen-bond acceptors (Lipinski definition) is 5. The highest BCUT2D eigenvalue weighted by molar-refractivity contribution is 7.14. The number of nitrogens with one attached hydrogen (secondary N) is 2. The number of aryl methyl sites for hydroxylation is 1.